The van der Waals surface area contributed by atoms with Crippen LogP contribution in [-0.4, -0.2) is 76.8 Å². The first kappa shape index (κ1) is 54.1. The maximum absolute atomic E-state index is 13.0. The largest absolute Gasteiger partial charge is 0.529 e. The van der Waals surface area contributed by atoms with Gasteiger partial charge in [0, 0.05) is 101 Å². The van der Waals surface area contributed by atoms with Crippen LogP contribution in [0.1, 0.15) is 22.8 Å². The predicted molar refractivity (Wildman–Crippen MR) is 290 cm³/mol. The molecule has 8 bridgehead atoms. The van der Waals surface area contributed by atoms with Gasteiger partial charge in [0.2, 0.25) is 0 Å². The summed E-state index contributed by atoms with van der Waals surface area (Å²) in [6.07, 6.45) is 7.64. The molecule has 24 heteroatoms. The zero-order valence-corrected chi connectivity index (χ0v) is 45.6. The molecule has 5 heterocycles. The average Bonchev–Trinajstić information content (AvgIpc) is 4.31. The molecule has 0 fully saturated rings. The van der Waals surface area contributed by atoms with Crippen LogP contribution in [0.4, 0.5) is 0 Å². The topological polar surface area (TPSA) is 236 Å². The zero-order chi connectivity index (χ0) is 53.8. The Morgan fingerprint density at radius 1 is 0.289 bits per heavy atom. The molecule has 0 unspecified atom stereocenters. The van der Waals surface area contributed by atoms with E-state index < -0.39 is 31.3 Å². The van der Waals surface area contributed by atoms with Gasteiger partial charge >= 0.3 is 31.3 Å². The molecule has 7 aromatic rings. The molecule has 20 nitrogen and oxygen atoms in total. The van der Waals surface area contributed by atoms with Gasteiger partial charge in [-0.25, -0.2) is 28.2 Å². The van der Waals surface area contributed by atoms with Crippen LogP contribution in [0.15, 0.2) is 121 Å². The summed E-state index contributed by atoms with van der Waals surface area (Å²) in [6.45, 7) is 0. The summed E-state index contributed by atoms with van der Waals surface area (Å²) >= 11 is 0. The van der Waals surface area contributed by atoms with Gasteiger partial charge in [-0.1, -0.05) is 48.5 Å². The van der Waals surface area contributed by atoms with Crippen molar-refractivity contribution in [2.24, 2.45) is 0 Å². The van der Waals surface area contributed by atoms with E-state index >= 15 is 0 Å². The summed E-state index contributed by atoms with van der Waals surface area (Å²) in [7, 11) is -5.65. The maximum atomic E-state index is 13.0. The summed E-state index contributed by atoms with van der Waals surface area (Å²) in [6, 6.07) is 35.5. The molecule has 0 atom stereocenters. The highest BCUT2D eigenvalue weighted by molar-refractivity contribution is 7.49. The quantitative estimate of drug-likeness (QED) is 0.0675. The number of phosphoric acid groups is 4. The Morgan fingerprint density at radius 2 is 0.474 bits per heavy atom. The van der Waals surface area contributed by atoms with Crippen molar-refractivity contribution in [2.45, 2.75) is 0 Å². The van der Waals surface area contributed by atoms with E-state index in [0.717, 1.165) is 0 Å². The second kappa shape index (κ2) is 22.5. The molecule has 76 heavy (non-hydrogen) atoms. The summed E-state index contributed by atoms with van der Waals surface area (Å²) in [5.74, 6) is 0.955. The van der Waals surface area contributed by atoms with Gasteiger partial charge < -0.3 is 28.1 Å². The van der Waals surface area contributed by atoms with Gasteiger partial charge in [0.15, 0.2) is 0 Å². The number of aromatic nitrogens is 4. The number of H-pyrrole nitrogens is 2. The number of rotatable bonds is 20. The Kier molecular flexibility index (Phi) is 16.0. The number of aromatic amines is 2. The van der Waals surface area contributed by atoms with Crippen molar-refractivity contribution >= 4 is 77.7 Å². The number of nitrogens with one attached hydrogen (secondary N) is 2. The molecule has 0 radical (unpaired) electrons. The summed E-state index contributed by atoms with van der Waals surface area (Å²) in [4.78, 5) is 18.0. The molecular weight excluding hydrogens is 1060 g/mol. The lowest BCUT2D eigenvalue weighted by Gasteiger charge is -2.14. The minimum Gasteiger partial charge on any atom is -0.404 e. The van der Waals surface area contributed by atoms with E-state index in [1.165, 1.54) is 56.9 Å². The summed E-state index contributed by atoms with van der Waals surface area (Å²) in [5, 5.41) is 0. The van der Waals surface area contributed by atoms with Gasteiger partial charge in [0.1, 0.15) is 23.0 Å². The molecule has 9 rings (SSSR count). The number of nitrogens with zero attached hydrogens (tertiary/aromatic N) is 2. The lowest BCUT2D eigenvalue weighted by molar-refractivity contribution is 0.210. The first-order valence-electron chi connectivity index (χ1n) is 22.8. The monoisotopic (exact) mass is 1110 g/mol. The standard InChI is InChI=1S/C52H50N4O16P4/c1-61-73(57,62-2)69-37-17-9-33(10-18-37)49-41-25-27-43(53-41)50(34-11-19-38(20-12-34)70-74(58,63-3)64-4)45-29-31-47(55-45)52(36-15-23-40(24-16-36)72-76(60,67-7)68-8)48-32-30-46(56-48)51(44-28-26-42(49)54-44)35-13-21-39(22-14-35)71-75(59,65-5)66-6/h9-32,53,56H,1-8H3. The van der Waals surface area contributed by atoms with Crippen molar-refractivity contribution in [3.8, 4) is 67.5 Å². The van der Waals surface area contributed by atoms with Gasteiger partial charge in [-0.3, -0.25) is 36.2 Å². The van der Waals surface area contributed by atoms with E-state index in [1.54, 1.807) is 48.5 Å². The average molecular weight is 1110 g/mol. The van der Waals surface area contributed by atoms with Gasteiger partial charge in [0.05, 0.1) is 22.8 Å². The summed E-state index contributed by atoms with van der Waals surface area (Å²) in [5.41, 5.74) is 10.6. The van der Waals surface area contributed by atoms with E-state index in [9.17, 15) is 18.3 Å². The van der Waals surface area contributed by atoms with Gasteiger partial charge in [-0.2, -0.15) is 0 Å². The predicted octanol–water partition coefficient (Wildman–Crippen LogP) is 14.4. The zero-order valence-electron chi connectivity index (χ0n) is 42.1. The van der Waals surface area contributed by atoms with E-state index in [2.05, 4.69) is 9.97 Å². The normalized spacial score (nSPS) is 12.7. The third-order valence-corrected chi connectivity index (χ3v) is 17.3. The highest BCUT2D eigenvalue weighted by atomic mass is 31.2. The Labute approximate surface area is 437 Å². The van der Waals surface area contributed by atoms with Crippen molar-refractivity contribution < 1.29 is 72.5 Å². The maximum Gasteiger partial charge on any atom is 0.529 e. The van der Waals surface area contributed by atoms with Crippen LogP contribution in [0.25, 0.3) is 90.9 Å². The van der Waals surface area contributed by atoms with Crippen LogP contribution in [0.2, 0.25) is 0 Å². The van der Waals surface area contributed by atoms with Crippen LogP contribution in [0, 0.1) is 0 Å². The molecule has 2 N–H and O–H groups in total. The van der Waals surface area contributed by atoms with Crippen LogP contribution >= 0.6 is 31.3 Å². The van der Waals surface area contributed by atoms with E-state index in [-0.39, 0.29) is 23.0 Å². The molecule has 0 saturated heterocycles. The lowest BCUT2D eigenvalue weighted by Crippen LogP contribution is -1.97. The molecule has 394 valence electrons. The Morgan fingerprint density at radius 3 is 0.645 bits per heavy atom. The van der Waals surface area contributed by atoms with Crippen LogP contribution in [0.3, 0.4) is 0 Å². The first-order valence-corrected chi connectivity index (χ1v) is 28.7. The fourth-order valence-corrected chi connectivity index (χ4v) is 11.0. The SMILES string of the molecule is COP(=O)(OC)Oc1ccc(-c2c3nc(c(-c4ccc(OP(=O)(OC)OC)cc4)c4ccc([nH]4)c(-c4ccc(OP(=O)(OC)OC)cc4)c4nc(c(-c5ccc(OP(=O)(OC)OC)cc5)c5ccc2[nH]5)C=C4)C=C3)cc1. The lowest BCUT2D eigenvalue weighted by atomic mass is 10.0. The van der Waals surface area contributed by atoms with E-state index in [4.69, 9.17) is 64.3 Å². The van der Waals surface area contributed by atoms with E-state index in [0.29, 0.717) is 89.4 Å². The molecule has 2 aliphatic rings. The van der Waals surface area contributed by atoms with Crippen molar-refractivity contribution in [1.82, 2.24) is 19.9 Å². The first-order chi connectivity index (χ1) is 36.6. The van der Waals surface area contributed by atoms with Crippen molar-refractivity contribution in [1.29, 1.82) is 0 Å². The third-order valence-electron chi connectivity index (χ3n) is 12.0. The molecule has 2 aliphatic heterocycles. The molecule has 0 saturated carbocycles. The van der Waals surface area contributed by atoms with Crippen LogP contribution < -0.4 is 18.1 Å². The molecule has 0 aliphatic carbocycles. The summed E-state index contributed by atoms with van der Waals surface area (Å²) < 4.78 is 115. The number of fused-ring (bicyclic) bond motifs is 8. The number of benzene rings is 4. The van der Waals surface area contributed by atoms with Crippen molar-refractivity contribution in [2.75, 3.05) is 56.9 Å². The minimum absolute atomic E-state index is 0.239. The third kappa shape index (κ3) is 11.4. The fourth-order valence-electron chi connectivity index (χ4n) is 8.26. The Bertz CT molecular complexity index is 3220. The Hall–Kier alpha value is -6.72. The molecule has 4 aromatic carbocycles. The van der Waals surface area contributed by atoms with Gasteiger partial charge in [0.25, 0.3) is 0 Å². The second-order valence-electron chi connectivity index (χ2n) is 16.2. The minimum atomic E-state index is -3.88. The molecule has 3 aromatic heterocycles. The highest BCUT2D eigenvalue weighted by Crippen LogP contribution is 2.51. The molecular formula is C52H50N4O16P4. The smallest absolute Gasteiger partial charge is 0.404 e. The van der Waals surface area contributed by atoms with Crippen LogP contribution in [-0.2, 0) is 54.5 Å². The molecule has 0 spiro atoms. The van der Waals surface area contributed by atoms with Gasteiger partial charge in [-0.05, 0) is 119 Å². The number of hydrogen-bond acceptors (Lipinski definition) is 18. The highest BCUT2D eigenvalue weighted by Gasteiger charge is 2.29. The molecule has 0 amide bonds. The van der Waals surface area contributed by atoms with E-state index in [1.807, 2.05) is 97.1 Å². The van der Waals surface area contributed by atoms with Crippen molar-refractivity contribution in [3.63, 3.8) is 0 Å². The van der Waals surface area contributed by atoms with Gasteiger partial charge in [-0.15, -0.1) is 0 Å². The number of phosphoric ester groups is 4. The number of hydrogen-bond donors (Lipinski definition) is 2. The van der Waals surface area contributed by atoms with Crippen molar-refractivity contribution in [3.05, 3.63) is 144 Å². The second-order valence-corrected chi connectivity index (χ2v) is 23.4. The van der Waals surface area contributed by atoms with Crippen LogP contribution in [0.5, 0.6) is 23.0 Å². The Balaban J connectivity index is 1.34. The fraction of sp³-hybridized carbons (Fsp3) is 0.154.